The summed E-state index contributed by atoms with van der Waals surface area (Å²) in [6.07, 6.45) is 0. The van der Waals surface area contributed by atoms with Gasteiger partial charge in [-0.2, -0.15) is 0 Å². The fraction of sp³-hybridized carbons (Fsp3) is 0.200. The van der Waals surface area contributed by atoms with E-state index in [2.05, 4.69) is 0 Å². The summed E-state index contributed by atoms with van der Waals surface area (Å²) in [6.45, 7) is 2.05. The molecular formula is C15H15F2NO. The van der Waals surface area contributed by atoms with Crippen LogP contribution >= 0.6 is 0 Å². The molecule has 2 aromatic rings. The van der Waals surface area contributed by atoms with Gasteiger partial charge < -0.3 is 10.5 Å². The zero-order valence-electron chi connectivity index (χ0n) is 10.6. The number of nitrogens with two attached hydrogens (primary N) is 1. The van der Waals surface area contributed by atoms with Crippen molar-refractivity contribution in [2.75, 3.05) is 0 Å². The van der Waals surface area contributed by atoms with Gasteiger partial charge in [0.05, 0.1) is 0 Å². The highest BCUT2D eigenvalue weighted by Crippen LogP contribution is 2.18. The Bertz CT molecular complexity index is 584. The van der Waals surface area contributed by atoms with Gasteiger partial charge in [-0.15, -0.1) is 0 Å². The summed E-state index contributed by atoms with van der Waals surface area (Å²) in [7, 11) is 0. The molecule has 0 aliphatic rings. The van der Waals surface area contributed by atoms with Crippen LogP contribution in [0.5, 0.6) is 5.75 Å². The van der Waals surface area contributed by atoms with Gasteiger partial charge >= 0.3 is 0 Å². The Morgan fingerprint density at radius 1 is 1.05 bits per heavy atom. The molecular weight excluding hydrogens is 248 g/mol. The third kappa shape index (κ3) is 3.29. The molecule has 0 unspecified atom stereocenters. The summed E-state index contributed by atoms with van der Waals surface area (Å²) in [5.41, 5.74) is 7.28. The van der Waals surface area contributed by atoms with Crippen molar-refractivity contribution in [2.24, 2.45) is 5.73 Å². The third-order valence-corrected chi connectivity index (χ3v) is 2.88. The van der Waals surface area contributed by atoms with E-state index in [9.17, 15) is 8.78 Å². The SMILES string of the molecule is Cc1ccc(OCc2cc(CN)ccc2F)cc1F. The Balaban J connectivity index is 2.11. The second-order valence-electron chi connectivity index (χ2n) is 4.33. The first-order valence-corrected chi connectivity index (χ1v) is 5.96. The molecule has 0 spiro atoms. The topological polar surface area (TPSA) is 35.2 Å². The summed E-state index contributed by atoms with van der Waals surface area (Å²) < 4.78 is 32.3. The van der Waals surface area contributed by atoms with E-state index in [4.69, 9.17) is 10.5 Å². The lowest BCUT2D eigenvalue weighted by molar-refractivity contribution is 0.298. The number of halogens is 2. The summed E-state index contributed by atoms with van der Waals surface area (Å²) >= 11 is 0. The van der Waals surface area contributed by atoms with Crippen molar-refractivity contribution >= 4 is 0 Å². The second-order valence-corrected chi connectivity index (χ2v) is 4.33. The number of benzene rings is 2. The minimum absolute atomic E-state index is 0.0438. The molecule has 2 nitrogen and oxygen atoms in total. The van der Waals surface area contributed by atoms with Crippen LogP contribution in [0.2, 0.25) is 0 Å². The molecule has 0 aliphatic carbocycles. The van der Waals surface area contributed by atoms with Gasteiger partial charge in [0, 0.05) is 18.2 Å². The van der Waals surface area contributed by atoms with E-state index in [-0.39, 0.29) is 18.2 Å². The van der Waals surface area contributed by atoms with Crippen LogP contribution in [0.3, 0.4) is 0 Å². The lowest BCUT2D eigenvalue weighted by Crippen LogP contribution is -2.02. The quantitative estimate of drug-likeness (QED) is 0.918. The van der Waals surface area contributed by atoms with Gasteiger partial charge in [-0.1, -0.05) is 12.1 Å². The van der Waals surface area contributed by atoms with Crippen molar-refractivity contribution in [3.05, 3.63) is 64.7 Å². The molecule has 19 heavy (non-hydrogen) atoms. The van der Waals surface area contributed by atoms with Gasteiger partial charge in [0.25, 0.3) is 0 Å². The summed E-state index contributed by atoms with van der Waals surface area (Å²) in [5, 5.41) is 0. The molecule has 0 saturated carbocycles. The van der Waals surface area contributed by atoms with Gasteiger partial charge in [-0.3, -0.25) is 0 Å². The molecule has 0 radical (unpaired) electrons. The monoisotopic (exact) mass is 263 g/mol. The van der Waals surface area contributed by atoms with Gasteiger partial charge in [0.1, 0.15) is 24.0 Å². The van der Waals surface area contributed by atoms with Crippen LogP contribution < -0.4 is 10.5 Å². The highest BCUT2D eigenvalue weighted by molar-refractivity contribution is 5.29. The molecule has 0 aromatic heterocycles. The Morgan fingerprint density at radius 2 is 1.84 bits per heavy atom. The maximum absolute atomic E-state index is 13.6. The van der Waals surface area contributed by atoms with E-state index in [1.165, 1.54) is 12.1 Å². The molecule has 2 N–H and O–H groups in total. The van der Waals surface area contributed by atoms with Crippen LogP contribution in [0.15, 0.2) is 36.4 Å². The number of aryl methyl sites for hydroxylation is 1. The molecule has 2 aromatic carbocycles. The fourth-order valence-corrected chi connectivity index (χ4v) is 1.69. The summed E-state index contributed by atoms with van der Waals surface area (Å²) in [4.78, 5) is 0. The minimum Gasteiger partial charge on any atom is -0.489 e. The molecule has 0 amide bonds. The van der Waals surface area contributed by atoms with Crippen molar-refractivity contribution in [1.82, 2.24) is 0 Å². The van der Waals surface area contributed by atoms with Crippen LogP contribution in [0.4, 0.5) is 8.78 Å². The average molecular weight is 263 g/mol. The average Bonchev–Trinajstić information content (AvgIpc) is 2.41. The van der Waals surface area contributed by atoms with E-state index in [1.807, 2.05) is 0 Å². The predicted molar refractivity (Wildman–Crippen MR) is 69.8 cm³/mol. The normalized spacial score (nSPS) is 10.5. The van der Waals surface area contributed by atoms with Gasteiger partial charge in [0.15, 0.2) is 0 Å². The second kappa shape index (κ2) is 5.80. The molecule has 0 fully saturated rings. The number of ether oxygens (including phenoxy) is 1. The molecule has 0 bridgehead atoms. The van der Waals surface area contributed by atoms with E-state index < -0.39 is 0 Å². The number of rotatable bonds is 4. The minimum atomic E-state index is -0.357. The summed E-state index contributed by atoms with van der Waals surface area (Å²) in [5.74, 6) is -0.320. The highest BCUT2D eigenvalue weighted by Gasteiger charge is 2.05. The summed E-state index contributed by atoms with van der Waals surface area (Å²) in [6, 6.07) is 9.21. The molecule has 2 rings (SSSR count). The standard InChI is InChI=1S/C15H15F2NO/c1-10-2-4-13(7-15(10)17)19-9-12-6-11(8-18)3-5-14(12)16/h2-7H,8-9,18H2,1H3. The third-order valence-electron chi connectivity index (χ3n) is 2.88. The first kappa shape index (κ1) is 13.5. The predicted octanol–water partition coefficient (Wildman–Crippen LogP) is 3.31. The fourth-order valence-electron chi connectivity index (χ4n) is 1.69. The van der Waals surface area contributed by atoms with Crippen molar-refractivity contribution in [2.45, 2.75) is 20.1 Å². The van der Waals surface area contributed by atoms with E-state index in [0.29, 0.717) is 23.4 Å². The molecule has 4 heteroatoms. The molecule has 100 valence electrons. The van der Waals surface area contributed by atoms with E-state index in [0.717, 1.165) is 5.56 Å². The Morgan fingerprint density at radius 3 is 2.53 bits per heavy atom. The van der Waals surface area contributed by atoms with Crippen LogP contribution in [-0.4, -0.2) is 0 Å². The van der Waals surface area contributed by atoms with Crippen molar-refractivity contribution in [1.29, 1.82) is 0 Å². The van der Waals surface area contributed by atoms with Crippen molar-refractivity contribution in [3.8, 4) is 5.75 Å². The van der Waals surface area contributed by atoms with Crippen molar-refractivity contribution in [3.63, 3.8) is 0 Å². The Kier molecular flexibility index (Phi) is 4.12. The first-order chi connectivity index (χ1) is 9.10. The maximum Gasteiger partial charge on any atom is 0.129 e. The molecule has 0 aliphatic heterocycles. The van der Waals surface area contributed by atoms with E-state index >= 15 is 0 Å². The zero-order chi connectivity index (χ0) is 13.8. The zero-order valence-corrected chi connectivity index (χ0v) is 10.6. The lowest BCUT2D eigenvalue weighted by Gasteiger charge is -2.09. The highest BCUT2D eigenvalue weighted by atomic mass is 19.1. The Hall–Kier alpha value is -1.94. The maximum atomic E-state index is 13.6. The van der Waals surface area contributed by atoms with Crippen LogP contribution in [-0.2, 0) is 13.2 Å². The number of hydrogen-bond donors (Lipinski definition) is 1. The first-order valence-electron chi connectivity index (χ1n) is 5.96. The van der Waals surface area contributed by atoms with Crippen LogP contribution in [0, 0.1) is 18.6 Å². The van der Waals surface area contributed by atoms with Crippen LogP contribution in [0.1, 0.15) is 16.7 Å². The van der Waals surface area contributed by atoms with E-state index in [1.54, 1.807) is 31.2 Å². The van der Waals surface area contributed by atoms with Gasteiger partial charge in [-0.25, -0.2) is 8.78 Å². The van der Waals surface area contributed by atoms with Gasteiger partial charge in [-0.05, 0) is 36.2 Å². The smallest absolute Gasteiger partial charge is 0.129 e. The molecule has 0 heterocycles. The van der Waals surface area contributed by atoms with Crippen LogP contribution in [0.25, 0.3) is 0 Å². The van der Waals surface area contributed by atoms with Crippen molar-refractivity contribution < 1.29 is 13.5 Å². The molecule has 0 atom stereocenters. The largest absolute Gasteiger partial charge is 0.489 e. The Labute approximate surface area is 110 Å². The number of hydrogen-bond acceptors (Lipinski definition) is 2. The molecule has 0 saturated heterocycles. The van der Waals surface area contributed by atoms with Gasteiger partial charge in [0.2, 0.25) is 0 Å². The lowest BCUT2D eigenvalue weighted by atomic mass is 10.1.